The smallest absolute Gasteiger partial charge is 0.0485 e. The monoisotopic (exact) mass is 275 g/mol. The molecule has 0 saturated carbocycles. The molecule has 0 amide bonds. The van der Waals surface area contributed by atoms with E-state index in [-0.39, 0.29) is 5.41 Å². The van der Waals surface area contributed by atoms with E-state index in [0.29, 0.717) is 0 Å². The highest BCUT2D eigenvalue weighted by atomic mass is 15.0. The van der Waals surface area contributed by atoms with Gasteiger partial charge < -0.3 is 4.57 Å². The van der Waals surface area contributed by atoms with Gasteiger partial charge in [0.2, 0.25) is 0 Å². The zero-order valence-corrected chi connectivity index (χ0v) is 12.8. The Kier molecular flexibility index (Phi) is 2.72. The van der Waals surface area contributed by atoms with E-state index in [9.17, 15) is 0 Å². The minimum absolute atomic E-state index is 0.128. The van der Waals surface area contributed by atoms with Crippen LogP contribution >= 0.6 is 0 Å². The van der Waals surface area contributed by atoms with Crippen LogP contribution in [0, 0.1) is 6.92 Å². The van der Waals surface area contributed by atoms with Gasteiger partial charge in [0, 0.05) is 28.6 Å². The fourth-order valence-electron chi connectivity index (χ4n) is 4.22. The molecule has 1 nitrogen and oxygen atoms in total. The molecular formula is C20H21N. The van der Waals surface area contributed by atoms with Gasteiger partial charge in [-0.05, 0) is 43.9 Å². The van der Waals surface area contributed by atoms with E-state index in [1.54, 1.807) is 0 Å². The van der Waals surface area contributed by atoms with E-state index in [4.69, 9.17) is 0 Å². The zero-order valence-electron chi connectivity index (χ0n) is 12.8. The lowest BCUT2D eigenvalue weighted by atomic mass is 9.73. The van der Waals surface area contributed by atoms with Crippen molar-refractivity contribution in [2.75, 3.05) is 0 Å². The molecule has 0 fully saturated rings. The van der Waals surface area contributed by atoms with Gasteiger partial charge in [0.05, 0.1) is 0 Å². The molecule has 3 aromatic rings. The Morgan fingerprint density at radius 1 is 0.952 bits per heavy atom. The Hall–Kier alpha value is -2.02. The first-order chi connectivity index (χ1) is 10.2. The quantitative estimate of drug-likeness (QED) is 0.585. The van der Waals surface area contributed by atoms with Crippen LogP contribution in [-0.2, 0) is 12.0 Å². The van der Waals surface area contributed by atoms with Crippen molar-refractivity contribution in [3.63, 3.8) is 0 Å². The fourth-order valence-corrected chi connectivity index (χ4v) is 4.22. The second-order valence-corrected chi connectivity index (χ2v) is 6.44. The number of rotatable bonds is 1. The molecule has 1 aliphatic rings. The van der Waals surface area contributed by atoms with Crippen molar-refractivity contribution in [1.82, 2.24) is 4.57 Å². The molecule has 0 aliphatic carbocycles. The highest BCUT2D eigenvalue weighted by molar-refractivity contribution is 5.86. The molecule has 2 aromatic carbocycles. The molecule has 0 radical (unpaired) electrons. The summed E-state index contributed by atoms with van der Waals surface area (Å²) >= 11 is 0. The van der Waals surface area contributed by atoms with Crippen LogP contribution in [-0.4, -0.2) is 4.57 Å². The van der Waals surface area contributed by atoms with Crippen molar-refractivity contribution in [1.29, 1.82) is 0 Å². The zero-order chi connectivity index (χ0) is 14.4. The minimum Gasteiger partial charge on any atom is -0.343 e. The van der Waals surface area contributed by atoms with E-state index in [2.05, 4.69) is 73.0 Å². The number of fused-ring (bicyclic) bond motifs is 3. The molecule has 1 heteroatoms. The number of aryl methyl sites for hydroxylation is 2. The number of para-hydroxylation sites is 1. The van der Waals surface area contributed by atoms with Gasteiger partial charge >= 0.3 is 0 Å². The average Bonchev–Trinajstić information content (AvgIpc) is 2.83. The summed E-state index contributed by atoms with van der Waals surface area (Å²) in [4.78, 5) is 0. The molecule has 1 aliphatic heterocycles. The van der Waals surface area contributed by atoms with Crippen molar-refractivity contribution < 1.29 is 0 Å². The second-order valence-electron chi connectivity index (χ2n) is 6.44. The third-order valence-corrected chi connectivity index (χ3v) is 5.22. The first kappa shape index (κ1) is 12.7. The van der Waals surface area contributed by atoms with Crippen LogP contribution in [0.25, 0.3) is 10.9 Å². The second kappa shape index (κ2) is 4.49. The van der Waals surface area contributed by atoms with Crippen LogP contribution in [0.5, 0.6) is 0 Å². The summed E-state index contributed by atoms with van der Waals surface area (Å²) in [6, 6.07) is 19.8. The molecular weight excluding hydrogens is 254 g/mol. The minimum atomic E-state index is 0.128. The number of hydrogen-bond donors (Lipinski definition) is 0. The fraction of sp³-hybridized carbons (Fsp3) is 0.300. The van der Waals surface area contributed by atoms with Gasteiger partial charge in [0.1, 0.15) is 0 Å². The number of aromatic nitrogens is 1. The first-order valence-electron chi connectivity index (χ1n) is 7.86. The lowest BCUT2D eigenvalue weighted by Gasteiger charge is -2.37. The molecule has 2 heterocycles. The molecule has 0 saturated heterocycles. The van der Waals surface area contributed by atoms with Gasteiger partial charge in [0.15, 0.2) is 0 Å². The Labute approximate surface area is 126 Å². The maximum atomic E-state index is 2.56. The van der Waals surface area contributed by atoms with Crippen LogP contribution in [0.4, 0.5) is 0 Å². The Morgan fingerprint density at radius 3 is 2.48 bits per heavy atom. The van der Waals surface area contributed by atoms with Gasteiger partial charge in [-0.25, -0.2) is 0 Å². The Bertz CT molecular complexity index is 797. The van der Waals surface area contributed by atoms with Crippen LogP contribution in [0.3, 0.4) is 0 Å². The van der Waals surface area contributed by atoms with Crippen molar-refractivity contribution in [2.24, 2.45) is 0 Å². The number of benzene rings is 2. The molecule has 21 heavy (non-hydrogen) atoms. The summed E-state index contributed by atoms with van der Waals surface area (Å²) in [7, 11) is 0. The molecule has 4 rings (SSSR count). The molecule has 106 valence electrons. The molecule has 1 atom stereocenters. The van der Waals surface area contributed by atoms with Gasteiger partial charge in [-0.3, -0.25) is 0 Å². The topological polar surface area (TPSA) is 4.93 Å². The lowest BCUT2D eigenvalue weighted by Crippen LogP contribution is -2.32. The predicted octanol–water partition coefficient (Wildman–Crippen LogP) is 5.05. The van der Waals surface area contributed by atoms with Crippen molar-refractivity contribution in [2.45, 2.75) is 38.6 Å². The summed E-state index contributed by atoms with van der Waals surface area (Å²) in [6.07, 6.45) is 2.48. The highest BCUT2D eigenvalue weighted by Crippen LogP contribution is 2.44. The van der Waals surface area contributed by atoms with Gasteiger partial charge in [-0.15, -0.1) is 0 Å². The van der Waals surface area contributed by atoms with E-state index in [1.165, 1.54) is 40.6 Å². The molecule has 1 aromatic heterocycles. The average molecular weight is 275 g/mol. The predicted molar refractivity (Wildman–Crippen MR) is 88.8 cm³/mol. The molecule has 0 bridgehead atoms. The Balaban J connectivity index is 2.05. The highest BCUT2D eigenvalue weighted by Gasteiger charge is 2.36. The first-order valence-corrected chi connectivity index (χ1v) is 7.86. The van der Waals surface area contributed by atoms with Crippen molar-refractivity contribution in [3.05, 3.63) is 71.4 Å². The SMILES string of the molecule is Cc1c2n(c3ccccc13)CCCC2(C)c1ccccc1. The summed E-state index contributed by atoms with van der Waals surface area (Å²) < 4.78 is 2.56. The molecule has 0 N–H and O–H groups in total. The lowest BCUT2D eigenvalue weighted by molar-refractivity contribution is 0.392. The summed E-state index contributed by atoms with van der Waals surface area (Å²) in [6.45, 7) is 5.85. The summed E-state index contributed by atoms with van der Waals surface area (Å²) in [5.41, 5.74) is 5.93. The van der Waals surface area contributed by atoms with Crippen LogP contribution < -0.4 is 0 Å². The van der Waals surface area contributed by atoms with E-state index in [0.717, 1.165) is 6.54 Å². The Morgan fingerprint density at radius 2 is 1.67 bits per heavy atom. The van der Waals surface area contributed by atoms with Crippen LogP contribution in [0.1, 0.15) is 36.6 Å². The molecule has 0 spiro atoms. The normalized spacial score (nSPS) is 21.4. The van der Waals surface area contributed by atoms with E-state index >= 15 is 0 Å². The van der Waals surface area contributed by atoms with E-state index < -0.39 is 0 Å². The standard InChI is InChI=1S/C20H21N/c1-15-17-11-6-7-12-18(17)21-14-8-13-20(2,19(15)21)16-9-4-3-5-10-16/h3-7,9-12H,8,13-14H2,1-2H3. The molecule has 1 unspecified atom stereocenters. The third-order valence-electron chi connectivity index (χ3n) is 5.22. The van der Waals surface area contributed by atoms with Crippen LogP contribution in [0.2, 0.25) is 0 Å². The maximum Gasteiger partial charge on any atom is 0.0485 e. The van der Waals surface area contributed by atoms with Gasteiger partial charge in [-0.2, -0.15) is 0 Å². The van der Waals surface area contributed by atoms with Crippen molar-refractivity contribution in [3.8, 4) is 0 Å². The van der Waals surface area contributed by atoms with Crippen LogP contribution in [0.15, 0.2) is 54.6 Å². The maximum absolute atomic E-state index is 2.56. The number of hydrogen-bond acceptors (Lipinski definition) is 0. The third kappa shape index (κ3) is 1.70. The van der Waals surface area contributed by atoms with Gasteiger partial charge in [-0.1, -0.05) is 48.5 Å². The number of nitrogens with zero attached hydrogens (tertiary/aromatic N) is 1. The summed E-state index contributed by atoms with van der Waals surface area (Å²) in [5.74, 6) is 0. The largest absolute Gasteiger partial charge is 0.343 e. The summed E-state index contributed by atoms with van der Waals surface area (Å²) in [5, 5.41) is 1.41. The van der Waals surface area contributed by atoms with Crippen molar-refractivity contribution >= 4 is 10.9 Å². The van der Waals surface area contributed by atoms with Gasteiger partial charge in [0.25, 0.3) is 0 Å². The van der Waals surface area contributed by atoms with E-state index in [1.807, 2.05) is 0 Å².